The highest BCUT2D eigenvalue weighted by Crippen LogP contribution is 2.22. The molecule has 0 saturated carbocycles. The lowest BCUT2D eigenvalue weighted by Gasteiger charge is -2.40. The second-order valence-corrected chi connectivity index (χ2v) is 12.7. The molecule has 7 unspecified atom stereocenters. The fourth-order valence-corrected chi connectivity index (χ4v) is 5.52. The van der Waals surface area contributed by atoms with E-state index in [1.54, 1.807) is 6.08 Å². The second kappa shape index (κ2) is 27.8. The third kappa shape index (κ3) is 19.8. The Morgan fingerprint density at radius 2 is 1.27 bits per heavy atom. The molecule has 1 rings (SSSR count). The minimum absolute atomic E-state index is 0.195. The van der Waals surface area contributed by atoms with Crippen molar-refractivity contribution in [3.63, 3.8) is 0 Å². The highest BCUT2D eigenvalue weighted by Gasteiger charge is 2.44. The molecule has 0 aliphatic carbocycles. The first-order chi connectivity index (χ1) is 21.8. The van der Waals surface area contributed by atoms with E-state index >= 15 is 0 Å². The summed E-state index contributed by atoms with van der Waals surface area (Å²) in [6.45, 7) is 3.68. The second-order valence-electron chi connectivity index (χ2n) is 12.7. The van der Waals surface area contributed by atoms with Gasteiger partial charge in [0.2, 0.25) is 5.91 Å². The highest BCUT2D eigenvalue weighted by atomic mass is 16.7. The van der Waals surface area contributed by atoms with E-state index in [-0.39, 0.29) is 12.5 Å². The molecule has 7 atom stereocenters. The largest absolute Gasteiger partial charge is 0.394 e. The summed E-state index contributed by atoms with van der Waals surface area (Å²) in [5, 5.41) is 53.7. The van der Waals surface area contributed by atoms with Crippen molar-refractivity contribution in [2.24, 2.45) is 0 Å². The molecule has 1 aliphatic rings. The number of allylic oxidation sites excluding steroid dienone is 3. The van der Waals surface area contributed by atoms with Gasteiger partial charge in [-0.05, 0) is 32.1 Å². The Hall–Kier alpha value is -1.33. The number of amides is 1. The van der Waals surface area contributed by atoms with E-state index in [1.165, 1.54) is 83.5 Å². The number of rotatable bonds is 28. The van der Waals surface area contributed by atoms with Crippen molar-refractivity contribution >= 4 is 5.91 Å². The standard InChI is InChI=1S/C36H67NO8/c1-3-5-7-9-11-13-14-15-16-17-18-19-21-23-25-30(39)29(37-32(40)26-24-22-20-12-10-8-6-4-2)28-44-36-35(43)34(42)33(41)31(27-38)45-36/h17-18,23,25,29-31,33-36,38-39,41-43H,3-16,19-22,24,26-28H2,1-2H3,(H,37,40)/b18-17+,25-23+. The van der Waals surface area contributed by atoms with E-state index in [2.05, 4.69) is 31.3 Å². The molecule has 9 nitrogen and oxygen atoms in total. The number of hydrogen-bond acceptors (Lipinski definition) is 8. The van der Waals surface area contributed by atoms with Gasteiger partial charge in [0.1, 0.15) is 24.4 Å². The fourth-order valence-electron chi connectivity index (χ4n) is 5.52. The molecule has 45 heavy (non-hydrogen) atoms. The molecule has 0 aromatic heterocycles. The Morgan fingerprint density at radius 3 is 1.87 bits per heavy atom. The van der Waals surface area contributed by atoms with Crippen molar-refractivity contribution < 1.29 is 39.8 Å². The van der Waals surface area contributed by atoms with Gasteiger partial charge in [0, 0.05) is 6.42 Å². The molecule has 1 fully saturated rings. The zero-order valence-corrected chi connectivity index (χ0v) is 28.4. The first-order valence-corrected chi connectivity index (χ1v) is 18.1. The smallest absolute Gasteiger partial charge is 0.220 e. The molecular weight excluding hydrogens is 574 g/mol. The van der Waals surface area contributed by atoms with Crippen molar-refractivity contribution in [2.75, 3.05) is 13.2 Å². The summed E-state index contributed by atoms with van der Waals surface area (Å²) in [6.07, 6.45) is 22.3. The molecule has 0 aromatic carbocycles. The van der Waals surface area contributed by atoms with Crippen LogP contribution in [-0.2, 0) is 14.3 Å². The van der Waals surface area contributed by atoms with Gasteiger partial charge in [0.05, 0.1) is 25.4 Å². The number of carbonyl (C=O) groups excluding carboxylic acids is 1. The molecule has 1 amide bonds. The average molecular weight is 642 g/mol. The van der Waals surface area contributed by atoms with Gasteiger partial charge in [-0.15, -0.1) is 0 Å². The van der Waals surface area contributed by atoms with Crippen molar-refractivity contribution in [1.29, 1.82) is 0 Å². The number of nitrogens with one attached hydrogen (secondary N) is 1. The van der Waals surface area contributed by atoms with Crippen molar-refractivity contribution in [3.05, 3.63) is 24.3 Å². The zero-order valence-electron chi connectivity index (χ0n) is 28.4. The molecule has 6 N–H and O–H groups in total. The summed E-state index contributed by atoms with van der Waals surface area (Å²) in [4.78, 5) is 12.7. The van der Waals surface area contributed by atoms with Gasteiger partial charge < -0.3 is 40.3 Å². The van der Waals surface area contributed by atoms with Gasteiger partial charge in [-0.25, -0.2) is 0 Å². The van der Waals surface area contributed by atoms with Gasteiger partial charge in [-0.2, -0.15) is 0 Å². The summed E-state index contributed by atoms with van der Waals surface area (Å²) >= 11 is 0. The molecule has 1 saturated heterocycles. The van der Waals surface area contributed by atoms with E-state index in [4.69, 9.17) is 9.47 Å². The Kier molecular flexibility index (Phi) is 25.7. The van der Waals surface area contributed by atoms with E-state index in [0.717, 1.165) is 38.5 Å². The molecule has 0 radical (unpaired) electrons. The molecule has 9 heteroatoms. The van der Waals surface area contributed by atoms with Gasteiger partial charge >= 0.3 is 0 Å². The van der Waals surface area contributed by atoms with Crippen LogP contribution in [0, 0.1) is 0 Å². The van der Waals surface area contributed by atoms with Crippen LogP contribution in [0.25, 0.3) is 0 Å². The lowest BCUT2D eigenvalue weighted by Crippen LogP contribution is -2.60. The number of carbonyl (C=O) groups is 1. The first-order valence-electron chi connectivity index (χ1n) is 18.1. The third-order valence-corrected chi connectivity index (χ3v) is 8.53. The van der Waals surface area contributed by atoms with E-state index in [0.29, 0.717) is 6.42 Å². The normalized spacial score (nSPS) is 23.6. The molecule has 0 aromatic rings. The minimum atomic E-state index is -1.57. The average Bonchev–Trinajstić information content (AvgIpc) is 3.04. The van der Waals surface area contributed by atoms with Crippen molar-refractivity contribution in [3.8, 4) is 0 Å². The van der Waals surface area contributed by atoms with E-state index in [1.807, 2.05) is 6.08 Å². The predicted molar refractivity (Wildman–Crippen MR) is 180 cm³/mol. The van der Waals surface area contributed by atoms with Gasteiger partial charge in [0.25, 0.3) is 0 Å². The number of ether oxygens (including phenoxy) is 2. The Morgan fingerprint density at radius 1 is 0.733 bits per heavy atom. The highest BCUT2D eigenvalue weighted by molar-refractivity contribution is 5.76. The maximum atomic E-state index is 12.7. The zero-order chi connectivity index (χ0) is 33.1. The summed E-state index contributed by atoms with van der Waals surface area (Å²) in [5.41, 5.74) is 0. The summed E-state index contributed by atoms with van der Waals surface area (Å²) in [7, 11) is 0. The van der Waals surface area contributed by atoms with Crippen LogP contribution in [0.2, 0.25) is 0 Å². The van der Waals surface area contributed by atoms with Crippen LogP contribution in [0.4, 0.5) is 0 Å². The summed E-state index contributed by atoms with van der Waals surface area (Å²) in [5.74, 6) is -0.195. The lowest BCUT2D eigenvalue weighted by molar-refractivity contribution is -0.302. The molecular formula is C36H67NO8. The quantitative estimate of drug-likeness (QED) is 0.0478. The van der Waals surface area contributed by atoms with Crippen LogP contribution in [0.5, 0.6) is 0 Å². The predicted octanol–water partition coefficient (Wildman–Crippen LogP) is 5.60. The van der Waals surface area contributed by atoms with Crippen molar-refractivity contribution in [1.82, 2.24) is 5.32 Å². The molecule has 264 valence electrons. The summed E-state index contributed by atoms with van der Waals surface area (Å²) in [6, 6.07) is -0.812. The van der Waals surface area contributed by atoms with Crippen LogP contribution < -0.4 is 5.32 Å². The Bertz CT molecular complexity index is 761. The maximum Gasteiger partial charge on any atom is 0.220 e. The van der Waals surface area contributed by atoms with Crippen LogP contribution in [0.3, 0.4) is 0 Å². The Balaban J connectivity index is 2.52. The van der Waals surface area contributed by atoms with Crippen LogP contribution in [-0.4, -0.2) is 87.5 Å². The molecule has 0 spiro atoms. The number of hydrogen-bond donors (Lipinski definition) is 6. The fraction of sp³-hybridized carbons (Fsp3) is 0.861. The van der Waals surface area contributed by atoms with Crippen LogP contribution in [0.1, 0.15) is 142 Å². The van der Waals surface area contributed by atoms with Gasteiger partial charge in [-0.1, -0.05) is 128 Å². The molecule has 1 heterocycles. The summed E-state index contributed by atoms with van der Waals surface area (Å²) < 4.78 is 11.1. The number of aliphatic hydroxyl groups is 5. The van der Waals surface area contributed by atoms with Crippen LogP contribution >= 0.6 is 0 Å². The third-order valence-electron chi connectivity index (χ3n) is 8.53. The SMILES string of the molecule is CCCCCCCCCC/C=C/CC/C=C/C(O)C(COC1OC(CO)C(O)C(O)C1O)NC(=O)CCCCCCCCCC. The van der Waals surface area contributed by atoms with E-state index in [9.17, 15) is 30.3 Å². The number of unbranched alkanes of at least 4 members (excludes halogenated alkanes) is 16. The first kappa shape index (κ1) is 41.7. The number of aliphatic hydroxyl groups excluding tert-OH is 5. The van der Waals surface area contributed by atoms with Crippen LogP contribution in [0.15, 0.2) is 24.3 Å². The van der Waals surface area contributed by atoms with E-state index < -0.39 is 49.5 Å². The van der Waals surface area contributed by atoms with Gasteiger partial charge in [-0.3, -0.25) is 4.79 Å². The molecule has 1 aliphatic heterocycles. The lowest BCUT2D eigenvalue weighted by atomic mass is 9.99. The minimum Gasteiger partial charge on any atom is -0.394 e. The molecule has 0 bridgehead atoms. The van der Waals surface area contributed by atoms with Gasteiger partial charge in [0.15, 0.2) is 6.29 Å². The topological polar surface area (TPSA) is 149 Å². The maximum absolute atomic E-state index is 12.7. The van der Waals surface area contributed by atoms with Crippen molar-refractivity contribution in [2.45, 2.75) is 185 Å². The monoisotopic (exact) mass is 641 g/mol. The Labute approximate surface area is 273 Å².